The first-order valence-corrected chi connectivity index (χ1v) is 8.63. The van der Waals surface area contributed by atoms with E-state index in [2.05, 4.69) is 20.8 Å². The Morgan fingerprint density at radius 3 is 2.44 bits per heavy atom. The average Bonchev–Trinajstić information content (AvgIpc) is 3.08. The van der Waals surface area contributed by atoms with Crippen LogP contribution in [0.25, 0.3) is 0 Å². The Balaban J connectivity index is 1.57. The highest BCUT2D eigenvalue weighted by Crippen LogP contribution is 2.10. The van der Waals surface area contributed by atoms with Crippen molar-refractivity contribution in [1.29, 1.82) is 0 Å². The summed E-state index contributed by atoms with van der Waals surface area (Å²) in [6, 6.07) is 13.7. The Labute approximate surface area is 160 Å². The second-order valence-electron chi connectivity index (χ2n) is 5.82. The summed E-state index contributed by atoms with van der Waals surface area (Å²) in [6.45, 7) is 2.16. The summed E-state index contributed by atoms with van der Waals surface area (Å²) in [5.41, 5.74) is 1.33. The van der Waals surface area contributed by atoms with Crippen LogP contribution in [0.3, 0.4) is 0 Å². The van der Waals surface area contributed by atoms with E-state index in [4.69, 9.17) is 16.1 Å². The second-order valence-corrected chi connectivity index (χ2v) is 6.25. The topological polar surface area (TPSA) is 97.1 Å². The summed E-state index contributed by atoms with van der Waals surface area (Å²) in [4.78, 5) is 28.6. The molecule has 2 heterocycles. The molecule has 0 saturated carbocycles. The van der Waals surface area contributed by atoms with Crippen LogP contribution in [-0.4, -0.2) is 28.5 Å². The van der Waals surface area contributed by atoms with E-state index in [1.54, 1.807) is 37.3 Å². The Hall–Kier alpha value is -3.19. The maximum atomic E-state index is 12.3. The van der Waals surface area contributed by atoms with E-state index in [0.717, 1.165) is 5.56 Å². The highest BCUT2D eigenvalue weighted by atomic mass is 35.5. The van der Waals surface area contributed by atoms with Crippen LogP contribution < -0.4 is 10.6 Å². The predicted octanol–water partition coefficient (Wildman–Crippen LogP) is 3.26. The fourth-order valence-corrected chi connectivity index (χ4v) is 2.48. The number of aromatic nitrogens is 2. The van der Waals surface area contributed by atoms with Gasteiger partial charge in [-0.15, -0.1) is 0 Å². The molecule has 0 saturated heterocycles. The third kappa shape index (κ3) is 5.15. The fraction of sp³-hybridized carbons (Fsp3) is 0.158. The second kappa shape index (κ2) is 8.46. The van der Waals surface area contributed by atoms with Gasteiger partial charge in [-0.2, -0.15) is 0 Å². The molecule has 2 aromatic heterocycles. The van der Waals surface area contributed by atoms with Crippen molar-refractivity contribution in [2.75, 3.05) is 11.9 Å². The van der Waals surface area contributed by atoms with Gasteiger partial charge in [0.2, 0.25) is 0 Å². The zero-order valence-corrected chi connectivity index (χ0v) is 15.3. The van der Waals surface area contributed by atoms with E-state index >= 15 is 0 Å². The maximum Gasteiger partial charge on any atom is 0.275 e. The summed E-state index contributed by atoms with van der Waals surface area (Å²) >= 11 is 5.85. The molecule has 2 N–H and O–H groups in total. The van der Waals surface area contributed by atoms with Gasteiger partial charge in [-0.25, -0.2) is 4.98 Å². The van der Waals surface area contributed by atoms with Gasteiger partial charge in [0, 0.05) is 17.6 Å². The molecule has 3 rings (SSSR count). The molecule has 0 fully saturated rings. The van der Waals surface area contributed by atoms with Crippen molar-refractivity contribution in [3.05, 3.63) is 76.3 Å². The number of benzene rings is 1. The van der Waals surface area contributed by atoms with Crippen molar-refractivity contribution in [1.82, 2.24) is 15.5 Å². The summed E-state index contributed by atoms with van der Waals surface area (Å²) < 4.78 is 4.89. The predicted molar refractivity (Wildman–Crippen MR) is 101 cm³/mol. The number of amides is 2. The standard InChI is InChI=1S/C19H17ClN4O3/c1-12-11-17(24-27-12)23-19(26)16-4-2-3-15(22-16)18(25)21-10-9-13-5-7-14(20)8-6-13/h2-8,11H,9-10H2,1H3,(H,21,25)(H,23,24,26). The largest absolute Gasteiger partial charge is 0.360 e. The molecule has 0 spiro atoms. The van der Waals surface area contributed by atoms with Gasteiger partial charge in [0.1, 0.15) is 17.1 Å². The molecule has 0 aliphatic rings. The minimum Gasteiger partial charge on any atom is -0.360 e. The zero-order valence-electron chi connectivity index (χ0n) is 14.5. The van der Waals surface area contributed by atoms with E-state index in [0.29, 0.717) is 23.7 Å². The van der Waals surface area contributed by atoms with Crippen molar-refractivity contribution in [3.8, 4) is 0 Å². The third-order valence-electron chi connectivity index (χ3n) is 3.70. The Morgan fingerprint density at radius 1 is 1.07 bits per heavy atom. The van der Waals surface area contributed by atoms with Crippen LogP contribution in [0.15, 0.2) is 53.1 Å². The molecule has 27 heavy (non-hydrogen) atoms. The summed E-state index contributed by atoms with van der Waals surface area (Å²) in [6.07, 6.45) is 0.661. The number of anilines is 1. The van der Waals surface area contributed by atoms with E-state index < -0.39 is 5.91 Å². The van der Waals surface area contributed by atoms with E-state index in [-0.39, 0.29) is 23.1 Å². The van der Waals surface area contributed by atoms with Gasteiger partial charge in [-0.3, -0.25) is 9.59 Å². The van der Waals surface area contributed by atoms with Gasteiger partial charge in [-0.1, -0.05) is 35.0 Å². The summed E-state index contributed by atoms with van der Waals surface area (Å²) in [5.74, 6) is 0.0409. The Morgan fingerprint density at radius 2 is 1.78 bits per heavy atom. The molecule has 8 heteroatoms. The SMILES string of the molecule is Cc1cc(NC(=O)c2cccc(C(=O)NCCc3ccc(Cl)cc3)n2)no1. The van der Waals surface area contributed by atoms with Crippen LogP contribution in [-0.2, 0) is 6.42 Å². The van der Waals surface area contributed by atoms with Crippen LogP contribution in [0.4, 0.5) is 5.82 Å². The van der Waals surface area contributed by atoms with Gasteiger partial charge in [-0.05, 0) is 43.2 Å². The number of aryl methyl sites for hydroxylation is 1. The van der Waals surface area contributed by atoms with Crippen LogP contribution in [0.1, 0.15) is 32.3 Å². The van der Waals surface area contributed by atoms with Crippen molar-refractivity contribution in [2.45, 2.75) is 13.3 Å². The highest BCUT2D eigenvalue weighted by molar-refractivity contribution is 6.30. The lowest BCUT2D eigenvalue weighted by atomic mass is 10.1. The molecule has 0 aliphatic carbocycles. The van der Waals surface area contributed by atoms with Crippen molar-refractivity contribution < 1.29 is 14.1 Å². The number of hydrogen-bond acceptors (Lipinski definition) is 5. The lowest BCUT2D eigenvalue weighted by Crippen LogP contribution is -2.27. The van der Waals surface area contributed by atoms with Gasteiger partial charge >= 0.3 is 0 Å². The third-order valence-corrected chi connectivity index (χ3v) is 3.95. The van der Waals surface area contributed by atoms with Crippen LogP contribution in [0.5, 0.6) is 0 Å². The molecule has 1 aromatic carbocycles. The fourth-order valence-electron chi connectivity index (χ4n) is 2.36. The maximum absolute atomic E-state index is 12.3. The van der Waals surface area contributed by atoms with E-state index in [1.807, 2.05) is 12.1 Å². The lowest BCUT2D eigenvalue weighted by molar-refractivity contribution is 0.0949. The zero-order chi connectivity index (χ0) is 19.2. The first kappa shape index (κ1) is 18.6. The molecule has 2 amide bonds. The van der Waals surface area contributed by atoms with Gasteiger partial charge in [0.05, 0.1) is 0 Å². The molecule has 3 aromatic rings. The van der Waals surface area contributed by atoms with Gasteiger partial charge < -0.3 is 15.2 Å². The smallest absolute Gasteiger partial charge is 0.275 e. The molecule has 138 valence electrons. The molecule has 7 nitrogen and oxygen atoms in total. The minimum absolute atomic E-state index is 0.112. The molecule has 0 atom stereocenters. The highest BCUT2D eigenvalue weighted by Gasteiger charge is 2.13. The van der Waals surface area contributed by atoms with Crippen LogP contribution in [0.2, 0.25) is 5.02 Å². The molecule has 0 radical (unpaired) electrons. The monoisotopic (exact) mass is 384 g/mol. The van der Waals surface area contributed by atoms with Crippen molar-refractivity contribution in [3.63, 3.8) is 0 Å². The number of hydrogen-bond donors (Lipinski definition) is 2. The molecular weight excluding hydrogens is 368 g/mol. The number of nitrogens with one attached hydrogen (secondary N) is 2. The number of rotatable bonds is 6. The Bertz CT molecular complexity index is 954. The van der Waals surface area contributed by atoms with Crippen LogP contribution >= 0.6 is 11.6 Å². The first-order valence-electron chi connectivity index (χ1n) is 8.25. The molecule has 0 bridgehead atoms. The average molecular weight is 385 g/mol. The number of nitrogens with zero attached hydrogens (tertiary/aromatic N) is 2. The summed E-state index contributed by atoms with van der Waals surface area (Å²) in [7, 11) is 0. The van der Waals surface area contributed by atoms with Crippen LogP contribution in [0, 0.1) is 6.92 Å². The number of carbonyl (C=O) groups excluding carboxylic acids is 2. The lowest BCUT2D eigenvalue weighted by Gasteiger charge is -2.06. The number of carbonyl (C=O) groups is 2. The molecule has 0 aliphatic heterocycles. The van der Waals surface area contributed by atoms with Gasteiger partial charge in [0.25, 0.3) is 11.8 Å². The van der Waals surface area contributed by atoms with Crippen molar-refractivity contribution in [2.24, 2.45) is 0 Å². The van der Waals surface area contributed by atoms with Gasteiger partial charge in [0.15, 0.2) is 5.82 Å². The van der Waals surface area contributed by atoms with E-state index in [1.165, 1.54) is 6.07 Å². The number of halogens is 1. The van der Waals surface area contributed by atoms with E-state index in [9.17, 15) is 9.59 Å². The Kier molecular flexibility index (Phi) is 5.83. The molecule has 0 unspecified atom stereocenters. The number of pyridine rings is 1. The van der Waals surface area contributed by atoms with Crippen molar-refractivity contribution >= 4 is 29.2 Å². The minimum atomic E-state index is -0.473. The molecular formula is C19H17ClN4O3. The first-order chi connectivity index (χ1) is 13.0. The quantitative estimate of drug-likeness (QED) is 0.679. The summed E-state index contributed by atoms with van der Waals surface area (Å²) in [5, 5.41) is 9.71. The normalized spacial score (nSPS) is 10.4.